The number of carbonyl (C=O) groups is 1. The Balaban J connectivity index is 3.64. The normalized spacial score (nSPS) is 10.3. The standard InChI is InChI=1S/C10H14N2O3/c1-4-7-8(10(14)15)12(5-2)9(13)6(3)11-7/h4-5H2,1-3H3,(H,14,15). The molecular formula is C10H14N2O3. The minimum atomic E-state index is -1.10. The summed E-state index contributed by atoms with van der Waals surface area (Å²) in [5.41, 5.74) is 0.489. The van der Waals surface area contributed by atoms with Gasteiger partial charge in [0.2, 0.25) is 0 Å². The summed E-state index contributed by atoms with van der Waals surface area (Å²) in [6, 6.07) is 0. The summed E-state index contributed by atoms with van der Waals surface area (Å²) in [6.07, 6.45) is 0.503. The molecule has 1 N–H and O–H groups in total. The molecular weight excluding hydrogens is 196 g/mol. The Morgan fingerprint density at radius 3 is 2.47 bits per heavy atom. The molecule has 0 aliphatic carbocycles. The Morgan fingerprint density at radius 2 is 2.07 bits per heavy atom. The Labute approximate surface area is 87.4 Å². The van der Waals surface area contributed by atoms with Gasteiger partial charge in [-0.1, -0.05) is 6.92 Å². The van der Waals surface area contributed by atoms with E-state index in [4.69, 9.17) is 5.11 Å². The third kappa shape index (κ3) is 1.91. The first-order valence-electron chi connectivity index (χ1n) is 4.86. The highest BCUT2D eigenvalue weighted by molar-refractivity contribution is 5.86. The van der Waals surface area contributed by atoms with Crippen molar-refractivity contribution in [3.63, 3.8) is 0 Å². The average molecular weight is 210 g/mol. The van der Waals surface area contributed by atoms with Crippen molar-refractivity contribution in [2.24, 2.45) is 0 Å². The van der Waals surface area contributed by atoms with Crippen molar-refractivity contribution in [3.05, 3.63) is 27.4 Å². The fourth-order valence-electron chi connectivity index (χ4n) is 1.54. The van der Waals surface area contributed by atoms with Crippen molar-refractivity contribution in [3.8, 4) is 0 Å². The van der Waals surface area contributed by atoms with Gasteiger partial charge in [-0.3, -0.25) is 9.36 Å². The van der Waals surface area contributed by atoms with Crippen LogP contribution in [-0.2, 0) is 13.0 Å². The molecule has 0 saturated heterocycles. The maximum absolute atomic E-state index is 11.6. The zero-order chi connectivity index (χ0) is 11.6. The average Bonchev–Trinajstić information content (AvgIpc) is 2.20. The van der Waals surface area contributed by atoms with Crippen LogP contribution < -0.4 is 5.56 Å². The molecule has 15 heavy (non-hydrogen) atoms. The number of aromatic carboxylic acids is 1. The number of rotatable bonds is 3. The van der Waals surface area contributed by atoms with Gasteiger partial charge in [-0.25, -0.2) is 9.78 Å². The van der Waals surface area contributed by atoms with Crippen LogP contribution >= 0.6 is 0 Å². The molecule has 0 spiro atoms. The molecule has 0 aliphatic heterocycles. The maximum atomic E-state index is 11.6. The van der Waals surface area contributed by atoms with Crippen LogP contribution in [0.5, 0.6) is 0 Å². The van der Waals surface area contributed by atoms with E-state index in [0.717, 1.165) is 0 Å². The topological polar surface area (TPSA) is 72.2 Å². The third-order valence-electron chi connectivity index (χ3n) is 2.25. The number of aryl methyl sites for hydroxylation is 2. The van der Waals surface area contributed by atoms with Gasteiger partial charge in [-0.05, 0) is 20.3 Å². The van der Waals surface area contributed by atoms with Crippen LogP contribution in [0.25, 0.3) is 0 Å². The number of nitrogens with zero attached hydrogens (tertiary/aromatic N) is 2. The molecule has 1 aromatic rings. The van der Waals surface area contributed by atoms with Crippen molar-refractivity contribution in [2.45, 2.75) is 33.7 Å². The van der Waals surface area contributed by atoms with Gasteiger partial charge in [0.25, 0.3) is 5.56 Å². The zero-order valence-corrected chi connectivity index (χ0v) is 9.07. The summed E-state index contributed by atoms with van der Waals surface area (Å²) in [4.78, 5) is 26.7. The van der Waals surface area contributed by atoms with E-state index in [0.29, 0.717) is 24.4 Å². The van der Waals surface area contributed by atoms with E-state index in [9.17, 15) is 9.59 Å². The second-order valence-corrected chi connectivity index (χ2v) is 3.20. The van der Waals surface area contributed by atoms with Crippen molar-refractivity contribution in [1.29, 1.82) is 0 Å². The van der Waals surface area contributed by atoms with Crippen LogP contribution in [0.1, 0.15) is 35.7 Å². The second-order valence-electron chi connectivity index (χ2n) is 3.20. The minimum Gasteiger partial charge on any atom is -0.477 e. The van der Waals surface area contributed by atoms with Gasteiger partial charge in [0.1, 0.15) is 5.69 Å². The van der Waals surface area contributed by atoms with Gasteiger partial charge in [-0.15, -0.1) is 0 Å². The third-order valence-corrected chi connectivity index (χ3v) is 2.25. The fraction of sp³-hybridized carbons (Fsp3) is 0.500. The highest BCUT2D eigenvalue weighted by Crippen LogP contribution is 2.06. The molecule has 1 aromatic heterocycles. The Morgan fingerprint density at radius 1 is 1.47 bits per heavy atom. The molecule has 5 heteroatoms. The lowest BCUT2D eigenvalue weighted by Gasteiger charge is -2.11. The molecule has 0 bridgehead atoms. The molecule has 0 amide bonds. The van der Waals surface area contributed by atoms with Gasteiger partial charge in [0.05, 0.1) is 5.69 Å². The van der Waals surface area contributed by atoms with E-state index in [1.165, 1.54) is 4.57 Å². The first kappa shape index (κ1) is 11.4. The second kappa shape index (κ2) is 4.25. The molecule has 5 nitrogen and oxygen atoms in total. The summed E-state index contributed by atoms with van der Waals surface area (Å²) in [7, 11) is 0. The van der Waals surface area contributed by atoms with E-state index in [1.54, 1.807) is 13.8 Å². The SMILES string of the molecule is CCc1nc(C)c(=O)n(CC)c1C(=O)O. The van der Waals surface area contributed by atoms with Gasteiger partial charge < -0.3 is 5.11 Å². The molecule has 0 aromatic carbocycles. The zero-order valence-electron chi connectivity index (χ0n) is 9.07. The molecule has 1 heterocycles. The van der Waals surface area contributed by atoms with Crippen molar-refractivity contribution in [2.75, 3.05) is 0 Å². The summed E-state index contributed by atoms with van der Waals surface area (Å²) in [5.74, 6) is -1.10. The van der Waals surface area contributed by atoms with Gasteiger partial charge in [0.15, 0.2) is 5.69 Å². The minimum absolute atomic E-state index is 0.00981. The Hall–Kier alpha value is -1.65. The van der Waals surface area contributed by atoms with Gasteiger partial charge in [0, 0.05) is 6.54 Å². The molecule has 1 rings (SSSR count). The lowest BCUT2D eigenvalue weighted by Crippen LogP contribution is -2.30. The van der Waals surface area contributed by atoms with Crippen LogP contribution in [0.2, 0.25) is 0 Å². The van der Waals surface area contributed by atoms with E-state index < -0.39 is 5.97 Å². The summed E-state index contributed by atoms with van der Waals surface area (Å²) < 4.78 is 1.25. The van der Waals surface area contributed by atoms with Crippen LogP contribution in [0.15, 0.2) is 4.79 Å². The summed E-state index contributed by atoms with van der Waals surface area (Å²) in [6.45, 7) is 5.50. The lowest BCUT2D eigenvalue weighted by atomic mass is 10.2. The van der Waals surface area contributed by atoms with E-state index in [-0.39, 0.29) is 11.3 Å². The molecule has 82 valence electrons. The van der Waals surface area contributed by atoms with Crippen molar-refractivity contribution < 1.29 is 9.90 Å². The fourth-order valence-corrected chi connectivity index (χ4v) is 1.54. The van der Waals surface area contributed by atoms with Crippen LogP contribution in [0, 0.1) is 6.92 Å². The predicted molar refractivity (Wildman–Crippen MR) is 55.2 cm³/mol. The van der Waals surface area contributed by atoms with Gasteiger partial charge in [-0.2, -0.15) is 0 Å². The lowest BCUT2D eigenvalue weighted by molar-refractivity contribution is 0.0681. The highest BCUT2D eigenvalue weighted by Gasteiger charge is 2.17. The van der Waals surface area contributed by atoms with Crippen LogP contribution in [0.4, 0.5) is 0 Å². The largest absolute Gasteiger partial charge is 0.477 e. The van der Waals surface area contributed by atoms with Crippen LogP contribution in [0.3, 0.4) is 0 Å². The van der Waals surface area contributed by atoms with Crippen molar-refractivity contribution in [1.82, 2.24) is 9.55 Å². The van der Waals surface area contributed by atoms with E-state index >= 15 is 0 Å². The Bertz CT molecular complexity index is 449. The Kier molecular flexibility index (Phi) is 3.24. The number of hydrogen-bond donors (Lipinski definition) is 1. The summed E-state index contributed by atoms with van der Waals surface area (Å²) >= 11 is 0. The smallest absolute Gasteiger partial charge is 0.354 e. The number of carboxylic acid groups (broad SMARTS) is 1. The molecule has 0 unspecified atom stereocenters. The monoisotopic (exact) mass is 210 g/mol. The van der Waals surface area contributed by atoms with E-state index in [1.807, 2.05) is 6.92 Å². The quantitative estimate of drug-likeness (QED) is 0.802. The number of carboxylic acids is 1. The highest BCUT2D eigenvalue weighted by atomic mass is 16.4. The molecule has 0 fully saturated rings. The molecule has 0 atom stereocenters. The first-order valence-corrected chi connectivity index (χ1v) is 4.86. The van der Waals surface area contributed by atoms with Crippen LogP contribution in [-0.4, -0.2) is 20.6 Å². The maximum Gasteiger partial charge on any atom is 0.354 e. The van der Waals surface area contributed by atoms with E-state index in [2.05, 4.69) is 4.98 Å². The van der Waals surface area contributed by atoms with Crippen molar-refractivity contribution >= 4 is 5.97 Å². The summed E-state index contributed by atoms with van der Waals surface area (Å²) in [5, 5.41) is 9.02. The predicted octanol–water partition coefficient (Wildman–Crippen LogP) is 0.832. The molecule has 0 saturated carbocycles. The van der Waals surface area contributed by atoms with Gasteiger partial charge >= 0.3 is 5.97 Å². The number of hydrogen-bond acceptors (Lipinski definition) is 3. The molecule has 0 radical (unpaired) electrons. The number of aromatic nitrogens is 2. The molecule has 0 aliphatic rings. The first-order chi connectivity index (χ1) is 7.02.